The van der Waals surface area contributed by atoms with Crippen LogP contribution in [0.4, 0.5) is 0 Å². The summed E-state index contributed by atoms with van der Waals surface area (Å²) in [5.41, 5.74) is 7.91. The molecule has 5 heteroatoms. The Kier molecular flexibility index (Phi) is 5.63. The molecule has 19 heavy (non-hydrogen) atoms. The molecule has 0 spiro atoms. The summed E-state index contributed by atoms with van der Waals surface area (Å²) in [6.07, 6.45) is 0.770. The molecule has 0 fully saturated rings. The fourth-order valence-corrected chi connectivity index (χ4v) is 1.89. The van der Waals surface area contributed by atoms with Crippen molar-refractivity contribution in [2.45, 2.75) is 25.8 Å². The monoisotopic (exact) mass is 267 g/mol. The largest absolute Gasteiger partial charge is 0.496 e. The van der Waals surface area contributed by atoms with Crippen LogP contribution in [-0.2, 0) is 9.53 Å². The number of esters is 1. The van der Waals surface area contributed by atoms with Gasteiger partial charge in [0.25, 0.3) is 0 Å². The molecule has 0 aromatic heterocycles. The molecule has 1 aromatic rings. The topological polar surface area (TPSA) is 70.8 Å². The third kappa shape index (κ3) is 3.86. The zero-order valence-corrected chi connectivity index (χ0v) is 11.9. The van der Waals surface area contributed by atoms with E-state index < -0.39 is 0 Å². The first-order valence-electron chi connectivity index (χ1n) is 6.08. The molecule has 0 radical (unpaired) electrons. The van der Waals surface area contributed by atoms with Crippen LogP contribution in [0.25, 0.3) is 0 Å². The third-order valence-corrected chi connectivity index (χ3v) is 3.03. The smallest absolute Gasteiger partial charge is 0.305 e. The molecule has 0 bridgehead atoms. The molecule has 0 heterocycles. The minimum absolute atomic E-state index is 0.270. The van der Waals surface area contributed by atoms with E-state index in [4.69, 9.17) is 15.2 Å². The summed E-state index contributed by atoms with van der Waals surface area (Å²) in [7, 11) is 4.57. The van der Waals surface area contributed by atoms with E-state index in [9.17, 15) is 4.79 Å². The second-order valence-electron chi connectivity index (χ2n) is 4.29. The minimum atomic E-state index is -0.302. The van der Waals surface area contributed by atoms with Gasteiger partial charge in [-0.1, -0.05) is 0 Å². The van der Waals surface area contributed by atoms with Gasteiger partial charge in [-0.2, -0.15) is 0 Å². The molecule has 0 saturated heterocycles. The first kappa shape index (κ1) is 15.3. The number of methoxy groups -OCH3 is 3. The van der Waals surface area contributed by atoms with Crippen LogP contribution in [0, 0.1) is 6.92 Å². The molecule has 0 aliphatic carbocycles. The lowest BCUT2D eigenvalue weighted by Gasteiger charge is -2.17. The van der Waals surface area contributed by atoms with Crippen molar-refractivity contribution in [2.24, 2.45) is 5.73 Å². The van der Waals surface area contributed by atoms with Crippen LogP contribution < -0.4 is 15.2 Å². The van der Waals surface area contributed by atoms with Crippen LogP contribution in [0.1, 0.15) is 30.0 Å². The minimum Gasteiger partial charge on any atom is -0.496 e. The third-order valence-electron chi connectivity index (χ3n) is 3.03. The Bertz CT molecular complexity index is 445. The Hall–Kier alpha value is -1.75. The van der Waals surface area contributed by atoms with E-state index in [1.807, 2.05) is 19.1 Å². The second-order valence-corrected chi connectivity index (χ2v) is 4.29. The molecule has 1 aromatic carbocycles. The number of hydrogen-bond donors (Lipinski definition) is 1. The van der Waals surface area contributed by atoms with Crippen LogP contribution in [-0.4, -0.2) is 27.3 Å². The van der Waals surface area contributed by atoms with Crippen molar-refractivity contribution < 1.29 is 19.0 Å². The summed E-state index contributed by atoms with van der Waals surface area (Å²) < 4.78 is 15.2. The van der Waals surface area contributed by atoms with Gasteiger partial charge < -0.3 is 19.9 Å². The molecular formula is C14H21NO4. The van der Waals surface area contributed by atoms with Crippen molar-refractivity contribution in [3.05, 3.63) is 23.3 Å². The van der Waals surface area contributed by atoms with Crippen LogP contribution in [0.15, 0.2) is 12.1 Å². The molecule has 5 nitrogen and oxygen atoms in total. The normalized spacial score (nSPS) is 11.8. The second kappa shape index (κ2) is 6.99. The number of carbonyl (C=O) groups excluding carboxylic acids is 1. The highest BCUT2D eigenvalue weighted by Crippen LogP contribution is 2.33. The summed E-state index contributed by atoms with van der Waals surface area (Å²) in [4.78, 5) is 11.1. The van der Waals surface area contributed by atoms with Gasteiger partial charge in [-0.15, -0.1) is 0 Å². The van der Waals surface area contributed by atoms with E-state index >= 15 is 0 Å². The molecule has 2 N–H and O–H groups in total. The average molecular weight is 267 g/mol. The Morgan fingerprint density at radius 3 is 2.37 bits per heavy atom. The summed E-state index contributed by atoms with van der Waals surface area (Å²) in [6.45, 7) is 1.94. The number of ether oxygens (including phenoxy) is 3. The van der Waals surface area contributed by atoms with Gasteiger partial charge in [-0.25, -0.2) is 0 Å². The predicted molar refractivity (Wildman–Crippen MR) is 72.5 cm³/mol. The zero-order valence-electron chi connectivity index (χ0n) is 11.9. The predicted octanol–water partition coefficient (Wildman–Crippen LogP) is 1.97. The summed E-state index contributed by atoms with van der Waals surface area (Å²) >= 11 is 0. The molecule has 1 atom stereocenters. The van der Waals surface area contributed by atoms with Gasteiger partial charge in [0.15, 0.2) is 0 Å². The van der Waals surface area contributed by atoms with Crippen molar-refractivity contribution in [2.75, 3.05) is 21.3 Å². The fourth-order valence-electron chi connectivity index (χ4n) is 1.89. The summed E-state index contributed by atoms with van der Waals surface area (Å²) in [5, 5.41) is 0. The maximum Gasteiger partial charge on any atom is 0.305 e. The maximum atomic E-state index is 11.1. The van der Waals surface area contributed by atoms with Crippen LogP contribution in [0.5, 0.6) is 11.5 Å². The summed E-state index contributed by atoms with van der Waals surface area (Å²) in [6, 6.07) is 3.44. The Morgan fingerprint density at radius 2 is 1.84 bits per heavy atom. The van der Waals surface area contributed by atoms with Crippen molar-refractivity contribution in [1.82, 2.24) is 0 Å². The van der Waals surface area contributed by atoms with Crippen molar-refractivity contribution in [3.8, 4) is 11.5 Å². The van der Waals surface area contributed by atoms with Gasteiger partial charge in [-0.3, -0.25) is 4.79 Å². The Labute approximate surface area is 113 Å². The first-order chi connectivity index (χ1) is 9.03. The standard InChI is InChI=1S/C14H21NO4/c1-9-7-13(18-3)10(8-12(9)17-2)11(15)5-6-14(16)19-4/h7-8,11H,5-6,15H2,1-4H3. The van der Waals surface area contributed by atoms with Crippen LogP contribution in [0.3, 0.4) is 0 Å². The molecule has 1 rings (SSSR count). The molecule has 0 aliphatic heterocycles. The summed E-state index contributed by atoms with van der Waals surface area (Å²) in [5.74, 6) is 1.19. The van der Waals surface area contributed by atoms with Crippen LogP contribution in [0.2, 0.25) is 0 Å². The van der Waals surface area contributed by atoms with E-state index in [1.54, 1.807) is 14.2 Å². The van der Waals surface area contributed by atoms with Crippen LogP contribution >= 0.6 is 0 Å². The van der Waals surface area contributed by atoms with Crippen molar-refractivity contribution >= 4 is 5.97 Å². The molecule has 0 saturated carbocycles. The highest BCUT2D eigenvalue weighted by atomic mass is 16.5. The quantitative estimate of drug-likeness (QED) is 0.798. The fraction of sp³-hybridized carbons (Fsp3) is 0.500. The maximum absolute atomic E-state index is 11.1. The molecule has 0 amide bonds. The highest BCUT2D eigenvalue weighted by molar-refractivity contribution is 5.69. The van der Waals surface area contributed by atoms with Gasteiger partial charge in [0, 0.05) is 18.0 Å². The van der Waals surface area contributed by atoms with E-state index in [2.05, 4.69) is 4.74 Å². The van der Waals surface area contributed by atoms with E-state index in [-0.39, 0.29) is 18.4 Å². The zero-order chi connectivity index (χ0) is 14.4. The number of hydrogen-bond acceptors (Lipinski definition) is 5. The van der Waals surface area contributed by atoms with Gasteiger partial charge in [0.2, 0.25) is 0 Å². The molecular weight excluding hydrogens is 246 g/mol. The lowest BCUT2D eigenvalue weighted by Crippen LogP contribution is -2.14. The van der Waals surface area contributed by atoms with E-state index in [1.165, 1.54) is 7.11 Å². The molecule has 1 unspecified atom stereocenters. The van der Waals surface area contributed by atoms with Gasteiger partial charge >= 0.3 is 5.97 Å². The van der Waals surface area contributed by atoms with Gasteiger partial charge in [0.05, 0.1) is 21.3 Å². The Balaban J connectivity index is 2.93. The van der Waals surface area contributed by atoms with E-state index in [0.29, 0.717) is 12.2 Å². The van der Waals surface area contributed by atoms with Crippen molar-refractivity contribution in [1.29, 1.82) is 0 Å². The van der Waals surface area contributed by atoms with Gasteiger partial charge in [0.1, 0.15) is 11.5 Å². The lowest BCUT2D eigenvalue weighted by molar-refractivity contribution is -0.140. The van der Waals surface area contributed by atoms with Crippen molar-refractivity contribution in [3.63, 3.8) is 0 Å². The molecule has 0 aliphatic rings. The lowest BCUT2D eigenvalue weighted by atomic mass is 9.99. The number of carbonyl (C=O) groups is 1. The van der Waals surface area contributed by atoms with Gasteiger partial charge in [-0.05, 0) is 31.0 Å². The number of rotatable bonds is 6. The average Bonchev–Trinajstić information content (AvgIpc) is 2.43. The molecule has 106 valence electrons. The van der Waals surface area contributed by atoms with E-state index in [0.717, 1.165) is 16.9 Å². The Morgan fingerprint density at radius 1 is 1.21 bits per heavy atom. The highest BCUT2D eigenvalue weighted by Gasteiger charge is 2.16. The number of aryl methyl sites for hydroxylation is 1. The number of benzene rings is 1. The number of nitrogens with two attached hydrogens (primary N) is 1. The first-order valence-corrected chi connectivity index (χ1v) is 6.08. The SMILES string of the molecule is COC(=O)CCC(N)c1cc(OC)c(C)cc1OC.